The first-order chi connectivity index (χ1) is 12.8. The molecule has 0 aromatic heterocycles. The Labute approximate surface area is 164 Å². The van der Waals surface area contributed by atoms with Crippen molar-refractivity contribution in [3.8, 4) is 0 Å². The summed E-state index contributed by atoms with van der Waals surface area (Å²) >= 11 is 10.8. The molecule has 0 aliphatic carbocycles. The summed E-state index contributed by atoms with van der Waals surface area (Å²) in [5.74, 6) is -1.21. The third-order valence-corrected chi connectivity index (χ3v) is 3.80. The Morgan fingerprint density at radius 1 is 1.22 bits per heavy atom. The van der Waals surface area contributed by atoms with E-state index in [1.165, 1.54) is 30.3 Å². The third kappa shape index (κ3) is 5.59. The van der Waals surface area contributed by atoms with E-state index in [4.69, 9.17) is 29.6 Å². The smallest absolute Gasteiger partial charge is 0.288 e. The van der Waals surface area contributed by atoms with Crippen molar-refractivity contribution >= 4 is 58.2 Å². The number of thiocarbonyl (C=S) groups is 1. The van der Waals surface area contributed by atoms with Crippen LogP contribution in [0.5, 0.6) is 0 Å². The number of primary amides is 1. The summed E-state index contributed by atoms with van der Waals surface area (Å²) in [5, 5.41) is 15.9. The van der Waals surface area contributed by atoms with Gasteiger partial charge >= 0.3 is 0 Å². The van der Waals surface area contributed by atoms with E-state index in [-0.39, 0.29) is 21.4 Å². The molecule has 0 saturated carbocycles. The van der Waals surface area contributed by atoms with Crippen LogP contribution in [0.15, 0.2) is 48.5 Å². The van der Waals surface area contributed by atoms with E-state index in [0.717, 1.165) is 6.08 Å². The van der Waals surface area contributed by atoms with Crippen molar-refractivity contribution in [1.82, 2.24) is 5.32 Å². The molecule has 0 radical (unpaired) electrons. The second-order valence-electron chi connectivity index (χ2n) is 5.15. The van der Waals surface area contributed by atoms with Crippen molar-refractivity contribution in [3.05, 3.63) is 74.8 Å². The molecule has 0 unspecified atom stereocenters. The Balaban J connectivity index is 2.02. The van der Waals surface area contributed by atoms with Crippen LogP contribution < -0.4 is 16.4 Å². The van der Waals surface area contributed by atoms with Crippen LogP contribution in [-0.4, -0.2) is 21.9 Å². The van der Waals surface area contributed by atoms with E-state index in [9.17, 15) is 19.7 Å². The van der Waals surface area contributed by atoms with Crippen LogP contribution >= 0.6 is 23.8 Å². The lowest BCUT2D eigenvalue weighted by Crippen LogP contribution is -2.33. The quantitative estimate of drug-likeness (QED) is 0.304. The van der Waals surface area contributed by atoms with E-state index < -0.39 is 16.7 Å². The van der Waals surface area contributed by atoms with Crippen LogP contribution in [0.3, 0.4) is 0 Å². The number of nitrogens with two attached hydrogens (primary N) is 1. The lowest BCUT2D eigenvalue weighted by atomic mass is 10.1. The molecule has 0 fully saturated rings. The highest BCUT2D eigenvalue weighted by Crippen LogP contribution is 2.25. The van der Waals surface area contributed by atoms with Gasteiger partial charge in [0.1, 0.15) is 5.02 Å². The van der Waals surface area contributed by atoms with Crippen LogP contribution in [0.25, 0.3) is 6.08 Å². The summed E-state index contributed by atoms with van der Waals surface area (Å²) in [6.07, 6.45) is 2.53. The molecule has 2 aromatic rings. The molecule has 0 spiro atoms. The predicted octanol–water partition coefficient (Wildman–Crippen LogP) is 2.87. The maximum atomic E-state index is 11.9. The van der Waals surface area contributed by atoms with Crippen molar-refractivity contribution in [2.75, 3.05) is 5.32 Å². The highest BCUT2D eigenvalue weighted by Gasteiger charge is 2.12. The summed E-state index contributed by atoms with van der Waals surface area (Å²) in [6, 6.07) is 10.5. The van der Waals surface area contributed by atoms with Gasteiger partial charge in [-0.05, 0) is 42.1 Å². The molecule has 0 aliphatic rings. The van der Waals surface area contributed by atoms with Crippen LogP contribution in [-0.2, 0) is 4.79 Å². The fraction of sp³-hybridized carbons (Fsp3) is 0. The lowest BCUT2D eigenvalue weighted by molar-refractivity contribution is -0.384. The van der Waals surface area contributed by atoms with Gasteiger partial charge in [-0.25, -0.2) is 0 Å². The van der Waals surface area contributed by atoms with E-state index >= 15 is 0 Å². The van der Waals surface area contributed by atoms with Gasteiger partial charge in [0.25, 0.3) is 11.6 Å². The monoisotopic (exact) mass is 404 g/mol. The highest BCUT2D eigenvalue weighted by molar-refractivity contribution is 7.80. The van der Waals surface area contributed by atoms with Gasteiger partial charge in [0, 0.05) is 12.1 Å². The molecule has 2 rings (SSSR count). The molecule has 138 valence electrons. The Hall–Kier alpha value is -3.30. The number of benzene rings is 2. The van der Waals surface area contributed by atoms with Gasteiger partial charge in [-0.1, -0.05) is 29.8 Å². The lowest BCUT2D eigenvalue weighted by Gasteiger charge is -2.10. The minimum Gasteiger partial charge on any atom is -0.366 e. The number of hydrogen-bond donors (Lipinski definition) is 3. The van der Waals surface area contributed by atoms with E-state index in [2.05, 4.69) is 10.6 Å². The average molecular weight is 405 g/mol. The molecule has 0 aliphatic heterocycles. The summed E-state index contributed by atoms with van der Waals surface area (Å²) in [6.45, 7) is 0. The third-order valence-electron chi connectivity index (χ3n) is 3.27. The zero-order valence-electron chi connectivity index (χ0n) is 13.6. The number of hydrogen-bond acceptors (Lipinski definition) is 5. The minimum absolute atomic E-state index is 0.0000884. The van der Waals surface area contributed by atoms with Gasteiger partial charge in [-0.3, -0.25) is 25.0 Å². The standard InChI is InChI=1S/C17H13ClN4O4S/c18-12-7-5-10(9-14(12)22(25)26)6-8-15(23)21-17(27)20-13-4-2-1-3-11(13)16(19)24/h1-9H,(H2,19,24)(H2,20,21,23,27)/b8-6+. The first-order valence-electron chi connectivity index (χ1n) is 7.40. The van der Waals surface area contributed by atoms with Crippen LogP contribution in [0.1, 0.15) is 15.9 Å². The van der Waals surface area contributed by atoms with Crippen molar-refractivity contribution in [1.29, 1.82) is 0 Å². The predicted molar refractivity (Wildman–Crippen MR) is 106 cm³/mol. The first kappa shape index (κ1) is 20.0. The maximum Gasteiger partial charge on any atom is 0.288 e. The number of carbonyl (C=O) groups is 2. The van der Waals surface area contributed by atoms with Gasteiger partial charge in [-0.15, -0.1) is 0 Å². The van der Waals surface area contributed by atoms with Gasteiger partial charge < -0.3 is 11.1 Å². The van der Waals surface area contributed by atoms with Gasteiger partial charge in [0.05, 0.1) is 16.2 Å². The number of anilines is 1. The number of amides is 2. The number of halogens is 1. The van der Waals surface area contributed by atoms with Gasteiger partial charge in [-0.2, -0.15) is 0 Å². The largest absolute Gasteiger partial charge is 0.366 e. The number of nitrogens with one attached hydrogen (secondary N) is 2. The average Bonchev–Trinajstić information content (AvgIpc) is 2.60. The number of nitrogens with zero attached hydrogens (tertiary/aromatic N) is 1. The highest BCUT2D eigenvalue weighted by atomic mass is 35.5. The molecule has 8 nitrogen and oxygen atoms in total. The van der Waals surface area contributed by atoms with Crippen LogP contribution in [0.2, 0.25) is 5.02 Å². The summed E-state index contributed by atoms with van der Waals surface area (Å²) in [4.78, 5) is 33.6. The number of rotatable bonds is 5. The van der Waals surface area contributed by atoms with Crippen molar-refractivity contribution in [3.63, 3.8) is 0 Å². The number of nitro groups is 1. The SMILES string of the molecule is NC(=O)c1ccccc1NC(=S)NC(=O)/C=C/c1ccc(Cl)c([N+](=O)[O-])c1. The first-order valence-corrected chi connectivity index (χ1v) is 8.19. The Morgan fingerprint density at radius 3 is 2.59 bits per heavy atom. The van der Waals surface area contributed by atoms with Crippen molar-refractivity contribution in [2.45, 2.75) is 0 Å². The molecule has 2 aromatic carbocycles. The topological polar surface area (TPSA) is 127 Å². The molecular weight excluding hydrogens is 392 g/mol. The fourth-order valence-electron chi connectivity index (χ4n) is 2.06. The Morgan fingerprint density at radius 2 is 1.93 bits per heavy atom. The van der Waals surface area contributed by atoms with Gasteiger partial charge in [0.2, 0.25) is 5.91 Å². The van der Waals surface area contributed by atoms with E-state index in [1.54, 1.807) is 18.2 Å². The number of nitro benzene ring substituents is 1. The Bertz CT molecular complexity index is 962. The number of para-hydroxylation sites is 1. The van der Waals surface area contributed by atoms with E-state index in [1.807, 2.05) is 0 Å². The molecule has 2 amide bonds. The second-order valence-corrected chi connectivity index (χ2v) is 5.97. The fourth-order valence-corrected chi connectivity index (χ4v) is 2.46. The molecule has 0 saturated heterocycles. The molecular formula is C17H13ClN4O4S. The molecule has 0 atom stereocenters. The summed E-state index contributed by atoms with van der Waals surface area (Å²) in [5.41, 5.74) is 6.00. The number of carbonyl (C=O) groups excluding carboxylic acids is 2. The maximum absolute atomic E-state index is 11.9. The second kappa shape index (κ2) is 8.88. The normalized spacial score (nSPS) is 10.4. The summed E-state index contributed by atoms with van der Waals surface area (Å²) < 4.78 is 0. The van der Waals surface area contributed by atoms with E-state index in [0.29, 0.717) is 11.3 Å². The minimum atomic E-state index is -0.642. The zero-order chi connectivity index (χ0) is 20.0. The molecule has 10 heteroatoms. The molecule has 0 heterocycles. The van der Waals surface area contributed by atoms with Crippen molar-refractivity contribution in [2.24, 2.45) is 5.73 Å². The van der Waals surface area contributed by atoms with Gasteiger partial charge in [0.15, 0.2) is 5.11 Å². The zero-order valence-corrected chi connectivity index (χ0v) is 15.2. The van der Waals surface area contributed by atoms with Crippen LogP contribution in [0.4, 0.5) is 11.4 Å². The summed E-state index contributed by atoms with van der Waals surface area (Å²) in [7, 11) is 0. The van der Waals surface area contributed by atoms with Crippen molar-refractivity contribution < 1.29 is 14.5 Å². The molecule has 4 N–H and O–H groups in total. The molecule has 0 bridgehead atoms. The molecule has 27 heavy (non-hydrogen) atoms. The van der Waals surface area contributed by atoms with Crippen LogP contribution in [0, 0.1) is 10.1 Å². The Kier molecular flexibility index (Phi) is 6.58.